The smallest absolute Gasteiger partial charge is 0.354 e. The molecular weight excluding hydrogens is 211 g/mol. The minimum Gasteiger partial charge on any atom is -0.354 e. The number of nitrogens with two attached hydrogens (primary N) is 1. The van der Waals surface area contributed by atoms with Crippen LogP contribution in [0.2, 0.25) is 0 Å². The Morgan fingerprint density at radius 1 is 1.23 bits per heavy atom. The number of methoxy groups -OCH3 is 2. The van der Waals surface area contributed by atoms with E-state index in [0.717, 1.165) is 0 Å². The van der Waals surface area contributed by atoms with Crippen molar-refractivity contribution in [2.75, 3.05) is 14.2 Å². The fraction of sp³-hybridized carbons (Fsp3) is 1.00. The Morgan fingerprint density at radius 2 is 1.62 bits per heavy atom. The van der Waals surface area contributed by atoms with E-state index in [9.17, 15) is 13.2 Å². The first-order valence-electron chi connectivity index (χ1n) is 3.28. The maximum atomic E-state index is 11.7. The quantitative estimate of drug-likeness (QED) is 0.731. The van der Waals surface area contributed by atoms with E-state index >= 15 is 0 Å². The molecule has 3 nitrogen and oxygen atoms in total. The van der Waals surface area contributed by atoms with Gasteiger partial charge in [-0.15, -0.1) is 12.4 Å². The third-order valence-electron chi connectivity index (χ3n) is 1.28. The predicted octanol–water partition coefficient (Wildman–Crippen LogP) is 1.31. The zero-order valence-electron chi connectivity index (χ0n) is 7.30. The third-order valence-corrected chi connectivity index (χ3v) is 1.28. The lowest BCUT2D eigenvalue weighted by atomic mass is 10.2. The Bertz CT molecular complexity index is 130. The maximum absolute atomic E-state index is 11.7. The minimum atomic E-state index is -4.28. The SMILES string of the molecule is COC(OC)[C@@H](N)CC(F)(F)F.Cl. The highest BCUT2D eigenvalue weighted by atomic mass is 35.5. The predicted molar refractivity (Wildman–Crippen MR) is 43.7 cm³/mol. The van der Waals surface area contributed by atoms with Crippen molar-refractivity contribution in [1.29, 1.82) is 0 Å². The van der Waals surface area contributed by atoms with E-state index in [1.165, 1.54) is 14.2 Å². The lowest BCUT2D eigenvalue weighted by molar-refractivity contribution is -0.172. The zero-order valence-corrected chi connectivity index (χ0v) is 8.11. The van der Waals surface area contributed by atoms with Crippen molar-refractivity contribution in [3.8, 4) is 0 Å². The summed E-state index contributed by atoms with van der Waals surface area (Å²) >= 11 is 0. The Hall–Kier alpha value is -0.0400. The highest BCUT2D eigenvalue weighted by Crippen LogP contribution is 2.22. The van der Waals surface area contributed by atoms with E-state index in [-0.39, 0.29) is 12.4 Å². The second-order valence-corrected chi connectivity index (χ2v) is 2.32. The molecule has 0 rings (SSSR count). The van der Waals surface area contributed by atoms with Crippen molar-refractivity contribution < 1.29 is 22.6 Å². The Morgan fingerprint density at radius 3 is 1.85 bits per heavy atom. The monoisotopic (exact) mass is 223 g/mol. The van der Waals surface area contributed by atoms with Crippen LogP contribution in [-0.2, 0) is 9.47 Å². The van der Waals surface area contributed by atoms with Crippen LogP contribution in [0.15, 0.2) is 0 Å². The number of ether oxygens (including phenoxy) is 2. The molecule has 0 aliphatic rings. The van der Waals surface area contributed by atoms with Gasteiger partial charge >= 0.3 is 6.18 Å². The summed E-state index contributed by atoms with van der Waals surface area (Å²) in [6, 6.07) is -1.18. The van der Waals surface area contributed by atoms with Gasteiger partial charge in [-0.25, -0.2) is 0 Å². The van der Waals surface area contributed by atoms with Crippen LogP contribution in [0.25, 0.3) is 0 Å². The first kappa shape index (κ1) is 15.4. The van der Waals surface area contributed by atoms with E-state index < -0.39 is 24.9 Å². The molecule has 13 heavy (non-hydrogen) atoms. The van der Waals surface area contributed by atoms with Crippen molar-refractivity contribution in [3.05, 3.63) is 0 Å². The molecule has 82 valence electrons. The average Bonchev–Trinajstić information content (AvgIpc) is 1.85. The summed E-state index contributed by atoms with van der Waals surface area (Å²) in [5, 5.41) is 0. The van der Waals surface area contributed by atoms with Gasteiger partial charge in [0.25, 0.3) is 0 Å². The fourth-order valence-corrected chi connectivity index (χ4v) is 0.809. The van der Waals surface area contributed by atoms with Crippen molar-refractivity contribution in [2.45, 2.75) is 24.9 Å². The maximum Gasteiger partial charge on any atom is 0.390 e. The molecule has 0 fully saturated rings. The van der Waals surface area contributed by atoms with E-state index in [2.05, 4.69) is 9.47 Å². The van der Waals surface area contributed by atoms with Gasteiger partial charge in [0.2, 0.25) is 0 Å². The number of rotatable bonds is 4. The van der Waals surface area contributed by atoms with Crippen LogP contribution >= 0.6 is 12.4 Å². The first-order valence-corrected chi connectivity index (χ1v) is 3.28. The summed E-state index contributed by atoms with van der Waals surface area (Å²) < 4.78 is 44.4. The standard InChI is InChI=1S/C6H12F3NO2.ClH/c1-11-5(12-2)4(10)3-6(7,8)9;/h4-5H,3,10H2,1-2H3;1H/t4-;/m0./s1. The van der Waals surface area contributed by atoms with Crippen LogP contribution in [0.1, 0.15) is 6.42 Å². The van der Waals surface area contributed by atoms with E-state index in [4.69, 9.17) is 5.73 Å². The molecule has 0 aromatic carbocycles. The Balaban J connectivity index is 0. The average molecular weight is 224 g/mol. The van der Waals surface area contributed by atoms with Crippen LogP contribution in [-0.4, -0.2) is 32.7 Å². The molecule has 1 atom stereocenters. The number of hydrogen-bond acceptors (Lipinski definition) is 3. The zero-order chi connectivity index (χ0) is 9.78. The summed E-state index contributed by atoms with van der Waals surface area (Å²) in [5.41, 5.74) is 5.16. The fourth-order valence-electron chi connectivity index (χ4n) is 0.809. The molecule has 0 spiro atoms. The molecule has 0 unspecified atom stereocenters. The summed E-state index contributed by atoms with van der Waals surface area (Å²) in [7, 11) is 2.48. The Labute approximate surface area is 80.8 Å². The summed E-state index contributed by atoms with van der Waals surface area (Å²) in [5.74, 6) is 0. The van der Waals surface area contributed by atoms with Gasteiger partial charge in [0.1, 0.15) is 0 Å². The van der Waals surface area contributed by atoms with Crippen molar-refractivity contribution in [1.82, 2.24) is 0 Å². The van der Waals surface area contributed by atoms with E-state index in [1.807, 2.05) is 0 Å². The van der Waals surface area contributed by atoms with Crippen LogP contribution in [0, 0.1) is 0 Å². The van der Waals surface area contributed by atoms with Crippen LogP contribution in [0.5, 0.6) is 0 Å². The largest absolute Gasteiger partial charge is 0.390 e. The molecule has 0 heterocycles. The summed E-state index contributed by atoms with van der Waals surface area (Å²) in [6.07, 6.45) is -6.40. The van der Waals surface area contributed by atoms with Crippen molar-refractivity contribution >= 4 is 12.4 Å². The lowest BCUT2D eigenvalue weighted by Gasteiger charge is -2.21. The molecule has 0 amide bonds. The first-order chi connectivity index (χ1) is 5.40. The van der Waals surface area contributed by atoms with Crippen molar-refractivity contribution in [3.63, 3.8) is 0 Å². The van der Waals surface area contributed by atoms with Gasteiger partial charge in [0, 0.05) is 14.2 Å². The molecule has 0 aromatic heterocycles. The van der Waals surface area contributed by atoms with Gasteiger partial charge in [0.15, 0.2) is 6.29 Å². The molecule has 2 N–H and O–H groups in total. The van der Waals surface area contributed by atoms with Crippen molar-refractivity contribution in [2.24, 2.45) is 5.73 Å². The topological polar surface area (TPSA) is 44.5 Å². The molecule has 0 radical (unpaired) electrons. The van der Waals surface area contributed by atoms with Gasteiger partial charge in [-0.3, -0.25) is 0 Å². The normalized spacial score (nSPS) is 14.1. The second-order valence-electron chi connectivity index (χ2n) is 2.32. The highest BCUT2D eigenvalue weighted by Gasteiger charge is 2.33. The molecule has 0 aliphatic carbocycles. The summed E-state index contributed by atoms with van der Waals surface area (Å²) in [6.45, 7) is 0. The number of alkyl halides is 3. The summed E-state index contributed by atoms with van der Waals surface area (Å²) in [4.78, 5) is 0. The van der Waals surface area contributed by atoms with Gasteiger partial charge in [-0.05, 0) is 0 Å². The molecule has 0 aromatic rings. The lowest BCUT2D eigenvalue weighted by Crippen LogP contribution is -2.40. The van der Waals surface area contributed by atoms with Crippen LogP contribution < -0.4 is 5.73 Å². The van der Waals surface area contributed by atoms with Gasteiger partial charge < -0.3 is 15.2 Å². The van der Waals surface area contributed by atoms with Crippen LogP contribution in [0.3, 0.4) is 0 Å². The van der Waals surface area contributed by atoms with Gasteiger partial charge in [-0.1, -0.05) is 0 Å². The molecule has 0 aliphatic heterocycles. The minimum absolute atomic E-state index is 0. The van der Waals surface area contributed by atoms with Crippen LogP contribution in [0.4, 0.5) is 13.2 Å². The molecule has 0 saturated heterocycles. The van der Waals surface area contributed by atoms with Gasteiger partial charge in [-0.2, -0.15) is 13.2 Å². The molecule has 0 bridgehead atoms. The molecular formula is C6H13ClF3NO2. The second kappa shape index (κ2) is 6.42. The highest BCUT2D eigenvalue weighted by molar-refractivity contribution is 5.85. The molecule has 0 saturated carbocycles. The molecule has 7 heteroatoms. The number of hydrogen-bond donors (Lipinski definition) is 1. The third kappa shape index (κ3) is 7.06. The van der Waals surface area contributed by atoms with E-state index in [0.29, 0.717) is 0 Å². The Kier molecular flexibility index (Phi) is 7.62. The number of halogens is 4. The van der Waals surface area contributed by atoms with Gasteiger partial charge in [0.05, 0.1) is 12.5 Å². The van der Waals surface area contributed by atoms with E-state index in [1.54, 1.807) is 0 Å².